The highest BCUT2D eigenvalue weighted by molar-refractivity contribution is 5.77. The van der Waals surface area contributed by atoms with Crippen LogP contribution in [0.15, 0.2) is 29.1 Å². The molecule has 0 radical (unpaired) electrons. The topological polar surface area (TPSA) is 71.2 Å². The summed E-state index contributed by atoms with van der Waals surface area (Å²) in [4.78, 5) is 19.4. The van der Waals surface area contributed by atoms with Crippen molar-refractivity contribution in [3.63, 3.8) is 0 Å². The standard InChI is InChI=1S/C16H18N4O2/c1-12-10-19(8-9-22-12)11-15-18-14-5-3-2-4-13(14)16(21)20(15)7-6-17/h2-5,12H,7-11H2,1H3/t12-/m1/s1. The number of aromatic nitrogens is 2. The Kier molecular flexibility index (Phi) is 4.18. The van der Waals surface area contributed by atoms with Crippen LogP contribution in [0, 0.1) is 11.3 Å². The summed E-state index contributed by atoms with van der Waals surface area (Å²) in [6.07, 6.45) is 0.172. The van der Waals surface area contributed by atoms with Crippen LogP contribution in [0.3, 0.4) is 0 Å². The van der Waals surface area contributed by atoms with E-state index in [0.29, 0.717) is 29.9 Å². The highest BCUT2D eigenvalue weighted by Gasteiger charge is 2.19. The van der Waals surface area contributed by atoms with Crippen LogP contribution in [0.2, 0.25) is 0 Å². The smallest absolute Gasteiger partial charge is 0.262 e. The molecule has 114 valence electrons. The van der Waals surface area contributed by atoms with Gasteiger partial charge in [0.05, 0.1) is 36.2 Å². The van der Waals surface area contributed by atoms with Crippen molar-refractivity contribution in [2.24, 2.45) is 0 Å². The van der Waals surface area contributed by atoms with Crippen LogP contribution in [-0.4, -0.2) is 40.3 Å². The van der Waals surface area contributed by atoms with Crippen LogP contribution in [0.1, 0.15) is 12.7 Å². The minimum absolute atomic E-state index is 0.0197. The van der Waals surface area contributed by atoms with Gasteiger partial charge in [0, 0.05) is 13.1 Å². The number of benzene rings is 1. The van der Waals surface area contributed by atoms with Gasteiger partial charge in [0.1, 0.15) is 12.4 Å². The lowest BCUT2D eigenvalue weighted by molar-refractivity contribution is -0.0223. The van der Waals surface area contributed by atoms with Crippen LogP contribution in [0.4, 0.5) is 0 Å². The van der Waals surface area contributed by atoms with E-state index in [1.165, 1.54) is 4.57 Å². The quantitative estimate of drug-likeness (QED) is 0.850. The van der Waals surface area contributed by atoms with E-state index in [9.17, 15) is 4.79 Å². The zero-order chi connectivity index (χ0) is 15.5. The molecule has 0 N–H and O–H groups in total. The van der Waals surface area contributed by atoms with E-state index >= 15 is 0 Å². The predicted octanol–water partition coefficient (Wildman–Crippen LogP) is 1.14. The van der Waals surface area contributed by atoms with Crippen molar-refractivity contribution in [1.29, 1.82) is 5.26 Å². The van der Waals surface area contributed by atoms with Gasteiger partial charge in [-0.3, -0.25) is 14.3 Å². The van der Waals surface area contributed by atoms with Gasteiger partial charge in [-0.15, -0.1) is 0 Å². The van der Waals surface area contributed by atoms with Gasteiger partial charge >= 0.3 is 0 Å². The van der Waals surface area contributed by atoms with E-state index in [2.05, 4.69) is 16.0 Å². The lowest BCUT2D eigenvalue weighted by Gasteiger charge is -2.31. The van der Waals surface area contributed by atoms with Gasteiger partial charge in [0.2, 0.25) is 0 Å². The van der Waals surface area contributed by atoms with Gasteiger partial charge in [-0.25, -0.2) is 4.98 Å². The molecule has 2 heterocycles. The molecule has 6 nitrogen and oxygen atoms in total. The second-order valence-electron chi connectivity index (χ2n) is 5.51. The molecule has 1 aromatic carbocycles. The summed E-state index contributed by atoms with van der Waals surface area (Å²) in [5.41, 5.74) is 0.529. The van der Waals surface area contributed by atoms with E-state index in [4.69, 9.17) is 10.00 Å². The van der Waals surface area contributed by atoms with Crippen molar-refractivity contribution < 1.29 is 4.74 Å². The molecule has 0 bridgehead atoms. The lowest BCUT2D eigenvalue weighted by Crippen LogP contribution is -2.42. The number of hydrogen-bond acceptors (Lipinski definition) is 5. The molecule has 1 saturated heterocycles. The van der Waals surface area contributed by atoms with Gasteiger partial charge in [0.25, 0.3) is 5.56 Å². The molecular weight excluding hydrogens is 280 g/mol. The number of ether oxygens (including phenoxy) is 1. The number of nitriles is 1. The maximum absolute atomic E-state index is 12.6. The molecule has 1 aliphatic rings. The third kappa shape index (κ3) is 2.86. The van der Waals surface area contributed by atoms with Gasteiger partial charge < -0.3 is 4.74 Å². The van der Waals surface area contributed by atoms with E-state index in [-0.39, 0.29) is 18.2 Å². The first-order valence-electron chi connectivity index (χ1n) is 7.38. The summed E-state index contributed by atoms with van der Waals surface area (Å²) in [5, 5.41) is 9.57. The monoisotopic (exact) mass is 298 g/mol. The normalized spacial score (nSPS) is 19.2. The van der Waals surface area contributed by atoms with E-state index in [1.807, 2.05) is 25.1 Å². The number of fused-ring (bicyclic) bond motifs is 1. The maximum atomic E-state index is 12.6. The minimum atomic E-state index is -0.150. The Bertz CT molecular complexity index is 778. The first-order chi connectivity index (χ1) is 10.7. The van der Waals surface area contributed by atoms with Crippen molar-refractivity contribution in [1.82, 2.24) is 14.5 Å². The molecule has 6 heteroatoms. The number of nitrogens with zero attached hydrogens (tertiary/aromatic N) is 4. The summed E-state index contributed by atoms with van der Waals surface area (Å²) >= 11 is 0. The van der Waals surface area contributed by atoms with Crippen molar-refractivity contribution >= 4 is 10.9 Å². The molecule has 22 heavy (non-hydrogen) atoms. The molecule has 3 rings (SSSR count). The molecule has 1 aromatic heterocycles. The van der Waals surface area contributed by atoms with Crippen molar-refractivity contribution in [3.8, 4) is 6.07 Å². The molecule has 1 fully saturated rings. The Labute approximate surface area is 128 Å². The van der Waals surface area contributed by atoms with Crippen molar-refractivity contribution in [3.05, 3.63) is 40.4 Å². The Morgan fingerprint density at radius 2 is 2.27 bits per heavy atom. The van der Waals surface area contributed by atoms with Crippen LogP contribution in [-0.2, 0) is 17.8 Å². The largest absolute Gasteiger partial charge is 0.376 e. The first-order valence-corrected chi connectivity index (χ1v) is 7.38. The lowest BCUT2D eigenvalue weighted by atomic mass is 10.2. The molecular formula is C16H18N4O2. The number of hydrogen-bond donors (Lipinski definition) is 0. The fourth-order valence-electron chi connectivity index (χ4n) is 2.80. The van der Waals surface area contributed by atoms with Crippen LogP contribution in [0.25, 0.3) is 10.9 Å². The SMILES string of the molecule is C[C@@H]1CN(Cc2nc3ccccc3c(=O)n2CC#N)CCO1. The Morgan fingerprint density at radius 3 is 3.05 bits per heavy atom. The van der Waals surface area contributed by atoms with Gasteiger partial charge in [-0.2, -0.15) is 5.26 Å². The minimum Gasteiger partial charge on any atom is -0.376 e. The van der Waals surface area contributed by atoms with Crippen LogP contribution < -0.4 is 5.56 Å². The van der Waals surface area contributed by atoms with E-state index in [0.717, 1.165) is 13.1 Å². The Hall–Kier alpha value is -2.23. The summed E-state index contributed by atoms with van der Waals surface area (Å²) in [7, 11) is 0. The van der Waals surface area contributed by atoms with E-state index < -0.39 is 0 Å². The highest BCUT2D eigenvalue weighted by Crippen LogP contribution is 2.12. The molecule has 1 aliphatic heterocycles. The fraction of sp³-hybridized carbons (Fsp3) is 0.438. The third-order valence-electron chi connectivity index (χ3n) is 3.86. The zero-order valence-electron chi connectivity index (χ0n) is 12.5. The summed E-state index contributed by atoms with van der Waals surface area (Å²) in [5.74, 6) is 0.638. The van der Waals surface area contributed by atoms with Gasteiger partial charge in [-0.1, -0.05) is 12.1 Å². The Morgan fingerprint density at radius 1 is 1.45 bits per heavy atom. The average molecular weight is 298 g/mol. The molecule has 2 aromatic rings. The molecule has 0 saturated carbocycles. The molecule has 0 unspecified atom stereocenters. The first kappa shape index (κ1) is 14.7. The zero-order valence-corrected chi connectivity index (χ0v) is 12.5. The van der Waals surface area contributed by atoms with Gasteiger partial charge in [-0.05, 0) is 19.1 Å². The second-order valence-corrected chi connectivity index (χ2v) is 5.51. The Balaban J connectivity index is 2.01. The number of morpholine rings is 1. The molecule has 0 amide bonds. The van der Waals surface area contributed by atoms with Gasteiger partial charge in [0.15, 0.2) is 0 Å². The second kappa shape index (κ2) is 6.26. The molecule has 0 spiro atoms. The summed E-state index contributed by atoms with van der Waals surface area (Å²) in [6.45, 7) is 4.88. The van der Waals surface area contributed by atoms with Crippen molar-refractivity contribution in [2.75, 3.05) is 19.7 Å². The van der Waals surface area contributed by atoms with Crippen molar-refractivity contribution in [2.45, 2.75) is 26.1 Å². The van der Waals surface area contributed by atoms with E-state index in [1.54, 1.807) is 6.07 Å². The molecule has 0 aliphatic carbocycles. The highest BCUT2D eigenvalue weighted by atomic mass is 16.5. The summed E-state index contributed by atoms with van der Waals surface area (Å²) in [6, 6.07) is 9.31. The number of rotatable bonds is 3. The maximum Gasteiger partial charge on any atom is 0.262 e. The van der Waals surface area contributed by atoms with Crippen LogP contribution in [0.5, 0.6) is 0 Å². The third-order valence-corrected chi connectivity index (χ3v) is 3.86. The molecule has 1 atom stereocenters. The average Bonchev–Trinajstić information content (AvgIpc) is 2.51. The fourth-order valence-corrected chi connectivity index (χ4v) is 2.80. The number of para-hydroxylation sites is 1. The summed E-state index contributed by atoms with van der Waals surface area (Å²) < 4.78 is 7.01. The van der Waals surface area contributed by atoms with Crippen LogP contribution >= 0.6 is 0 Å². The predicted molar refractivity (Wildman–Crippen MR) is 82.3 cm³/mol.